The molecule has 1 saturated heterocycles. The number of amides is 3. The van der Waals surface area contributed by atoms with Gasteiger partial charge in [-0.15, -0.1) is 5.10 Å². The molecule has 1 N–H and O–H groups in total. The Labute approximate surface area is 157 Å². The molecule has 4 rings (SSSR count). The second-order valence-electron chi connectivity index (χ2n) is 7.34. The minimum absolute atomic E-state index is 0.0828. The summed E-state index contributed by atoms with van der Waals surface area (Å²) in [5, 5.41) is 4.24. The van der Waals surface area contributed by atoms with Gasteiger partial charge in [-0.25, -0.2) is 9.37 Å². The highest BCUT2D eigenvalue weighted by Gasteiger charge is 2.54. The standard InChI is InChI=1S/C19H22N6O2/c1-10-6-7-11(2)14(8-10)9-24-17(26)15-16(23(5)19(24)27)20-18-22-21-12(3)13(4)25(15)18/h6-8,13,15H,9H2,1-5H3/p+1. The maximum Gasteiger partial charge on any atom is 0.414 e. The van der Waals surface area contributed by atoms with Crippen LogP contribution in [0.25, 0.3) is 0 Å². The SMILES string of the molecule is CC1=NNC2=[N+](C1C)C1C(=O)N(Cc3cc(C)ccc3C)C(=O)N(C)C1=N2. The first kappa shape index (κ1) is 17.4. The first-order valence-electron chi connectivity index (χ1n) is 8.99. The van der Waals surface area contributed by atoms with E-state index >= 15 is 0 Å². The number of carbonyl (C=O) groups excluding carboxylic acids is 2. The Morgan fingerprint density at radius 3 is 2.70 bits per heavy atom. The van der Waals surface area contributed by atoms with Crippen molar-refractivity contribution in [3.8, 4) is 0 Å². The number of amidine groups is 1. The van der Waals surface area contributed by atoms with Crippen LogP contribution < -0.4 is 5.43 Å². The lowest BCUT2D eigenvalue weighted by atomic mass is 10.0. The number of aryl methyl sites for hydroxylation is 2. The monoisotopic (exact) mass is 367 g/mol. The predicted octanol–water partition coefficient (Wildman–Crippen LogP) is 1.21. The molecule has 8 heteroatoms. The minimum Gasteiger partial charge on any atom is -0.270 e. The number of nitrogens with one attached hydrogen (secondary N) is 1. The summed E-state index contributed by atoms with van der Waals surface area (Å²) in [4.78, 5) is 33.5. The second kappa shape index (κ2) is 6.00. The van der Waals surface area contributed by atoms with Gasteiger partial charge in [-0.3, -0.25) is 14.6 Å². The van der Waals surface area contributed by atoms with Crippen LogP contribution in [0.1, 0.15) is 30.5 Å². The molecule has 0 saturated carbocycles. The van der Waals surface area contributed by atoms with Gasteiger partial charge in [0.15, 0.2) is 0 Å². The molecular formula is C19H23N6O2+. The number of rotatable bonds is 2. The number of likely N-dealkylation sites (N-methyl/N-ethyl adjacent to an activating group) is 1. The molecule has 3 heterocycles. The molecule has 3 aliphatic rings. The number of nitrogens with zero attached hydrogens (tertiary/aromatic N) is 5. The Morgan fingerprint density at radius 2 is 1.96 bits per heavy atom. The smallest absolute Gasteiger partial charge is 0.270 e. The van der Waals surface area contributed by atoms with Gasteiger partial charge in [0, 0.05) is 7.05 Å². The van der Waals surface area contributed by atoms with Crippen molar-refractivity contribution in [2.45, 2.75) is 46.3 Å². The first-order chi connectivity index (χ1) is 12.8. The zero-order valence-corrected chi connectivity index (χ0v) is 16.1. The summed E-state index contributed by atoms with van der Waals surface area (Å²) in [5.74, 6) is 0.701. The van der Waals surface area contributed by atoms with Crippen LogP contribution in [0.5, 0.6) is 0 Å². The Morgan fingerprint density at radius 1 is 1.22 bits per heavy atom. The van der Waals surface area contributed by atoms with E-state index in [0.29, 0.717) is 11.8 Å². The molecule has 0 radical (unpaired) electrons. The van der Waals surface area contributed by atoms with Crippen LogP contribution in [0.2, 0.25) is 0 Å². The number of carbonyl (C=O) groups is 2. The molecule has 27 heavy (non-hydrogen) atoms. The first-order valence-corrected chi connectivity index (χ1v) is 8.99. The van der Waals surface area contributed by atoms with Crippen LogP contribution in [0.4, 0.5) is 4.79 Å². The van der Waals surface area contributed by atoms with Gasteiger partial charge in [-0.2, -0.15) is 5.43 Å². The molecule has 0 aliphatic carbocycles. The minimum atomic E-state index is -0.624. The maximum atomic E-state index is 13.3. The average molecular weight is 367 g/mol. The largest absolute Gasteiger partial charge is 0.414 e. The van der Waals surface area contributed by atoms with Gasteiger partial charge in [-0.05, 0) is 38.8 Å². The van der Waals surface area contributed by atoms with Gasteiger partial charge in [0.1, 0.15) is 6.04 Å². The summed E-state index contributed by atoms with van der Waals surface area (Å²) >= 11 is 0. The molecule has 3 amide bonds. The van der Waals surface area contributed by atoms with Crippen LogP contribution in [0.3, 0.4) is 0 Å². The van der Waals surface area contributed by atoms with Crippen molar-refractivity contribution >= 4 is 29.4 Å². The fourth-order valence-corrected chi connectivity index (χ4v) is 3.69. The van der Waals surface area contributed by atoms with Gasteiger partial charge in [0.25, 0.3) is 5.91 Å². The number of fused-ring (bicyclic) bond motifs is 2. The molecule has 1 aromatic carbocycles. The highest BCUT2D eigenvalue weighted by molar-refractivity contribution is 6.23. The van der Waals surface area contributed by atoms with E-state index in [9.17, 15) is 9.59 Å². The molecule has 8 nitrogen and oxygen atoms in total. The highest BCUT2D eigenvalue weighted by Crippen LogP contribution is 2.25. The Balaban J connectivity index is 1.71. The van der Waals surface area contributed by atoms with Gasteiger partial charge in [-0.1, -0.05) is 28.8 Å². The van der Waals surface area contributed by atoms with E-state index in [0.717, 1.165) is 22.4 Å². The Kier molecular flexibility index (Phi) is 3.87. The van der Waals surface area contributed by atoms with E-state index in [-0.39, 0.29) is 24.5 Å². The van der Waals surface area contributed by atoms with E-state index in [1.807, 2.05) is 50.5 Å². The summed E-state index contributed by atoms with van der Waals surface area (Å²) in [6.45, 7) is 8.12. The van der Waals surface area contributed by atoms with Crippen LogP contribution >= 0.6 is 0 Å². The van der Waals surface area contributed by atoms with Gasteiger partial charge in [0.2, 0.25) is 11.9 Å². The number of guanidine groups is 1. The zero-order valence-electron chi connectivity index (χ0n) is 16.1. The third-order valence-corrected chi connectivity index (χ3v) is 5.54. The lowest BCUT2D eigenvalue weighted by molar-refractivity contribution is -0.555. The number of aliphatic imine (C=N–C) groups is 1. The maximum absolute atomic E-state index is 13.3. The van der Waals surface area contributed by atoms with Crippen LogP contribution in [0.15, 0.2) is 28.3 Å². The van der Waals surface area contributed by atoms with Crippen molar-refractivity contribution in [3.63, 3.8) is 0 Å². The topological polar surface area (TPSA) is 80.4 Å². The fourth-order valence-electron chi connectivity index (χ4n) is 3.69. The molecule has 3 aliphatic heterocycles. The van der Waals surface area contributed by atoms with Crippen molar-refractivity contribution in [2.75, 3.05) is 7.05 Å². The lowest BCUT2D eigenvalue weighted by Crippen LogP contribution is -2.64. The molecule has 0 aromatic heterocycles. The third kappa shape index (κ3) is 2.55. The number of benzene rings is 1. The van der Waals surface area contributed by atoms with Crippen LogP contribution in [-0.2, 0) is 11.3 Å². The van der Waals surface area contributed by atoms with Crippen molar-refractivity contribution in [2.24, 2.45) is 10.1 Å². The van der Waals surface area contributed by atoms with Crippen molar-refractivity contribution in [1.82, 2.24) is 15.2 Å². The van der Waals surface area contributed by atoms with Gasteiger partial charge in [0.05, 0.1) is 12.3 Å². The summed E-state index contributed by atoms with van der Waals surface area (Å²) in [6.07, 6.45) is 0. The number of imide groups is 1. The highest BCUT2D eigenvalue weighted by atomic mass is 16.2. The molecule has 2 unspecified atom stereocenters. The quantitative estimate of drug-likeness (QED) is 0.798. The fraction of sp³-hybridized carbons (Fsp3) is 0.421. The number of hydrazone groups is 1. The summed E-state index contributed by atoms with van der Waals surface area (Å²) in [7, 11) is 1.66. The second-order valence-corrected chi connectivity index (χ2v) is 7.34. The van der Waals surface area contributed by atoms with Crippen LogP contribution in [0, 0.1) is 13.8 Å². The Hall–Kier alpha value is -3.03. The van der Waals surface area contributed by atoms with E-state index in [4.69, 9.17) is 0 Å². The molecule has 0 spiro atoms. The number of urea groups is 1. The predicted molar refractivity (Wildman–Crippen MR) is 102 cm³/mol. The molecular weight excluding hydrogens is 344 g/mol. The average Bonchev–Trinajstić information content (AvgIpc) is 3.03. The summed E-state index contributed by atoms with van der Waals surface area (Å²) in [5.41, 5.74) is 6.87. The molecule has 1 fully saturated rings. The molecule has 1 aromatic rings. The van der Waals surface area contributed by atoms with Crippen LogP contribution in [-0.4, -0.2) is 63.0 Å². The number of hydrogen-bond acceptors (Lipinski definition) is 5. The number of hydrogen-bond donors (Lipinski definition) is 1. The van der Waals surface area contributed by atoms with Crippen molar-refractivity contribution < 1.29 is 14.2 Å². The zero-order chi connectivity index (χ0) is 19.5. The van der Waals surface area contributed by atoms with Gasteiger partial charge < -0.3 is 0 Å². The van der Waals surface area contributed by atoms with Crippen molar-refractivity contribution in [3.05, 3.63) is 34.9 Å². The third-order valence-electron chi connectivity index (χ3n) is 5.54. The van der Waals surface area contributed by atoms with E-state index in [2.05, 4.69) is 15.5 Å². The molecule has 2 atom stereocenters. The summed E-state index contributed by atoms with van der Waals surface area (Å²) in [6, 6.07) is 4.99. The van der Waals surface area contributed by atoms with E-state index in [1.54, 1.807) is 7.05 Å². The molecule has 0 bridgehead atoms. The van der Waals surface area contributed by atoms with E-state index < -0.39 is 6.04 Å². The van der Waals surface area contributed by atoms with E-state index in [1.165, 1.54) is 9.80 Å². The molecule has 140 valence electrons. The van der Waals surface area contributed by atoms with Crippen molar-refractivity contribution in [1.29, 1.82) is 0 Å². The van der Waals surface area contributed by atoms with Gasteiger partial charge >= 0.3 is 12.0 Å². The Bertz CT molecular complexity index is 961. The normalized spacial score (nSPS) is 24.5. The summed E-state index contributed by atoms with van der Waals surface area (Å²) < 4.78 is 1.90. The lowest BCUT2D eigenvalue weighted by Gasteiger charge is -2.35.